The Hall–Kier alpha value is -3.66. The van der Waals surface area contributed by atoms with Crippen LogP contribution in [0.15, 0.2) is 96.1 Å². The number of aromatic nitrogens is 1. The van der Waals surface area contributed by atoms with Crippen LogP contribution in [0.2, 0.25) is 0 Å². The number of nitrogens with two attached hydrogens (primary N) is 1. The molecule has 3 aromatic carbocycles. The molecule has 0 radical (unpaired) electrons. The SMILES string of the molecule is Nc1ccc2c(c1)C=NCN2c1ccccc1.c1ccc2ncccc2c1. The molecule has 0 unspecified atom stereocenters. The van der Waals surface area contributed by atoms with Gasteiger partial charge in [-0.15, -0.1) is 0 Å². The maximum absolute atomic E-state index is 5.79. The number of nitrogens with zero attached hydrogens (tertiary/aromatic N) is 3. The lowest BCUT2D eigenvalue weighted by Gasteiger charge is -2.27. The van der Waals surface area contributed by atoms with Crippen molar-refractivity contribution >= 4 is 34.2 Å². The minimum atomic E-state index is 0.654. The first-order valence-electron chi connectivity index (χ1n) is 8.83. The molecule has 0 spiro atoms. The molecule has 0 fully saturated rings. The fourth-order valence-electron chi connectivity index (χ4n) is 3.06. The average molecular weight is 352 g/mol. The zero-order valence-electron chi connectivity index (χ0n) is 14.9. The number of aliphatic imine (C=N–C) groups is 1. The molecule has 0 bridgehead atoms. The van der Waals surface area contributed by atoms with Gasteiger partial charge in [0.15, 0.2) is 0 Å². The molecule has 1 aromatic heterocycles. The van der Waals surface area contributed by atoms with E-state index in [4.69, 9.17) is 5.73 Å². The van der Waals surface area contributed by atoms with E-state index in [1.807, 2.05) is 73.1 Å². The number of pyridine rings is 1. The number of fused-ring (bicyclic) bond motifs is 2. The maximum Gasteiger partial charge on any atom is 0.114 e. The van der Waals surface area contributed by atoms with Gasteiger partial charge in [0, 0.05) is 34.7 Å². The van der Waals surface area contributed by atoms with Crippen LogP contribution in [0.5, 0.6) is 0 Å². The molecule has 0 saturated carbocycles. The molecule has 0 aliphatic carbocycles. The molecule has 0 atom stereocenters. The molecule has 0 saturated heterocycles. The van der Waals surface area contributed by atoms with E-state index in [2.05, 4.69) is 39.1 Å². The Morgan fingerprint density at radius 3 is 2.44 bits per heavy atom. The van der Waals surface area contributed by atoms with Gasteiger partial charge in [-0.3, -0.25) is 9.98 Å². The number of benzene rings is 3. The fourth-order valence-corrected chi connectivity index (χ4v) is 3.06. The topological polar surface area (TPSA) is 54.5 Å². The van der Waals surface area contributed by atoms with Crippen molar-refractivity contribution in [2.45, 2.75) is 0 Å². The molecule has 1 aliphatic heterocycles. The van der Waals surface area contributed by atoms with E-state index in [1.165, 1.54) is 5.39 Å². The number of nitrogen functional groups attached to an aromatic ring is 1. The van der Waals surface area contributed by atoms with Crippen LogP contribution in [-0.4, -0.2) is 17.9 Å². The molecule has 0 amide bonds. The average Bonchev–Trinajstić information content (AvgIpc) is 2.74. The van der Waals surface area contributed by atoms with Gasteiger partial charge < -0.3 is 10.6 Å². The Bertz CT molecular complexity index is 1010. The smallest absolute Gasteiger partial charge is 0.114 e. The van der Waals surface area contributed by atoms with Gasteiger partial charge in [0.2, 0.25) is 0 Å². The minimum absolute atomic E-state index is 0.654. The molecule has 5 rings (SSSR count). The number of hydrogen-bond donors (Lipinski definition) is 1. The molecule has 2 heterocycles. The normalized spacial score (nSPS) is 12.2. The van der Waals surface area contributed by atoms with Crippen LogP contribution in [0.4, 0.5) is 17.1 Å². The molecule has 4 heteroatoms. The molecule has 27 heavy (non-hydrogen) atoms. The quantitative estimate of drug-likeness (QED) is 0.489. The van der Waals surface area contributed by atoms with Gasteiger partial charge >= 0.3 is 0 Å². The molecular formula is C23H20N4. The highest BCUT2D eigenvalue weighted by molar-refractivity contribution is 5.93. The highest BCUT2D eigenvalue weighted by Crippen LogP contribution is 2.31. The van der Waals surface area contributed by atoms with Crippen LogP contribution in [0.25, 0.3) is 10.9 Å². The Morgan fingerprint density at radius 1 is 0.815 bits per heavy atom. The van der Waals surface area contributed by atoms with Crippen molar-refractivity contribution in [1.82, 2.24) is 4.98 Å². The Morgan fingerprint density at radius 2 is 1.59 bits per heavy atom. The van der Waals surface area contributed by atoms with Gasteiger partial charge in [0.05, 0.1) is 11.2 Å². The largest absolute Gasteiger partial charge is 0.399 e. The molecule has 132 valence electrons. The van der Waals surface area contributed by atoms with Crippen molar-refractivity contribution in [3.05, 3.63) is 96.7 Å². The lowest BCUT2D eigenvalue weighted by atomic mass is 10.1. The van der Waals surface area contributed by atoms with Crippen molar-refractivity contribution in [1.29, 1.82) is 0 Å². The summed E-state index contributed by atoms with van der Waals surface area (Å²) in [5.74, 6) is 0. The minimum Gasteiger partial charge on any atom is -0.399 e. The number of para-hydroxylation sites is 2. The lowest BCUT2D eigenvalue weighted by Crippen LogP contribution is -2.21. The summed E-state index contributed by atoms with van der Waals surface area (Å²) >= 11 is 0. The zero-order chi connectivity index (χ0) is 18.5. The number of anilines is 3. The zero-order valence-corrected chi connectivity index (χ0v) is 14.9. The van der Waals surface area contributed by atoms with Gasteiger partial charge in [-0.2, -0.15) is 0 Å². The highest BCUT2D eigenvalue weighted by Gasteiger charge is 2.15. The van der Waals surface area contributed by atoms with E-state index in [-0.39, 0.29) is 0 Å². The van der Waals surface area contributed by atoms with Crippen molar-refractivity contribution in [3.8, 4) is 0 Å². The number of rotatable bonds is 1. The monoisotopic (exact) mass is 352 g/mol. The summed E-state index contributed by atoms with van der Waals surface area (Å²) in [4.78, 5) is 10.7. The van der Waals surface area contributed by atoms with E-state index in [9.17, 15) is 0 Å². The summed E-state index contributed by atoms with van der Waals surface area (Å²) in [5.41, 5.74) is 11.0. The van der Waals surface area contributed by atoms with E-state index in [0.717, 1.165) is 28.1 Å². The predicted molar refractivity (Wildman–Crippen MR) is 114 cm³/mol. The first-order valence-corrected chi connectivity index (χ1v) is 8.83. The molecule has 2 N–H and O–H groups in total. The fraction of sp³-hybridized carbons (Fsp3) is 0.0435. The highest BCUT2D eigenvalue weighted by atomic mass is 15.2. The third-order valence-electron chi connectivity index (χ3n) is 4.38. The Kier molecular flexibility index (Phi) is 4.79. The van der Waals surface area contributed by atoms with Gasteiger partial charge in [0.25, 0.3) is 0 Å². The number of hydrogen-bond acceptors (Lipinski definition) is 4. The first kappa shape index (κ1) is 16.8. The summed E-state index contributed by atoms with van der Waals surface area (Å²) in [6.45, 7) is 0.654. The van der Waals surface area contributed by atoms with Crippen LogP contribution in [0.3, 0.4) is 0 Å². The molecular weight excluding hydrogens is 332 g/mol. The second-order valence-corrected chi connectivity index (χ2v) is 6.23. The van der Waals surface area contributed by atoms with Gasteiger partial charge in [0.1, 0.15) is 6.67 Å². The summed E-state index contributed by atoms with van der Waals surface area (Å²) in [5, 5.41) is 1.20. The summed E-state index contributed by atoms with van der Waals surface area (Å²) in [7, 11) is 0. The summed E-state index contributed by atoms with van der Waals surface area (Å²) in [6.07, 6.45) is 3.69. The van der Waals surface area contributed by atoms with Gasteiger partial charge in [-0.05, 0) is 42.5 Å². The van der Waals surface area contributed by atoms with E-state index < -0.39 is 0 Å². The Balaban J connectivity index is 0.000000153. The van der Waals surface area contributed by atoms with Crippen LogP contribution in [0, 0.1) is 0 Å². The van der Waals surface area contributed by atoms with Crippen LogP contribution in [0.1, 0.15) is 5.56 Å². The summed E-state index contributed by atoms with van der Waals surface area (Å²) < 4.78 is 0. The van der Waals surface area contributed by atoms with E-state index in [0.29, 0.717) is 6.67 Å². The molecule has 4 aromatic rings. The van der Waals surface area contributed by atoms with Crippen LogP contribution >= 0.6 is 0 Å². The summed E-state index contributed by atoms with van der Waals surface area (Å²) in [6, 6.07) is 28.3. The van der Waals surface area contributed by atoms with Gasteiger partial charge in [-0.25, -0.2) is 0 Å². The molecule has 4 nitrogen and oxygen atoms in total. The van der Waals surface area contributed by atoms with Crippen LogP contribution in [-0.2, 0) is 0 Å². The van der Waals surface area contributed by atoms with E-state index >= 15 is 0 Å². The van der Waals surface area contributed by atoms with Crippen molar-refractivity contribution in [3.63, 3.8) is 0 Å². The predicted octanol–water partition coefficient (Wildman–Crippen LogP) is 5.03. The Labute approximate surface area is 158 Å². The van der Waals surface area contributed by atoms with Gasteiger partial charge in [-0.1, -0.05) is 42.5 Å². The second-order valence-electron chi connectivity index (χ2n) is 6.23. The molecule has 1 aliphatic rings. The second kappa shape index (κ2) is 7.70. The maximum atomic E-state index is 5.79. The third-order valence-corrected chi connectivity index (χ3v) is 4.38. The standard InChI is InChI=1S/C14H13N3.C9H7N/c15-12-6-7-14-11(8-12)9-16-10-17(14)13-4-2-1-3-5-13;1-2-6-9-8(4-1)5-3-7-10-9/h1-9H,10,15H2;1-7H. The first-order chi connectivity index (χ1) is 13.3. The van der Waals surface area contributed by atoms with Crippen molar-refractivity contribution < 1.29 is 0 Å². The van der Waals surface area contributed by atoms with Crippen molar-refractivity contribution in [2.24, 2.45) is 4.99 Å². The van der Waals surface area contributed by atoms with Crippen LogP contribution < -0.4 is 10.6 Å². The van der Waals surface area contributed by atoms with Crippen molar-refractivity contribution in [2.75, 3.05) is 17.3 Å². The third kappa shape index (κ3) is 3.80. The lowest BCUT2D eigenvalue weighted by molar-refractivity contribution is 0.972. The van der Waals surface area contributed by atoms with E-state index in [1.54, 1.807) is 0 Å².